The van der Waals surface area contributed by atoms with E-state index in [4.69, 9.17) is 19.3 Å². The summed E-state index contributed by atoms with van der Waals surface area (Å²) >= 11 is 0. The van der Waals surface area contributed by atoms with Gasteiger partial charge < -0.3 is 19.3 Å². The van der Waals surface area contributed by atoms with Crippen molar-refractivity contribution in [3.8, 4) is 0 Å². The molecule has 0 radical (unpaired) electrons. The number of ether oxygens (including phenoxy) is 3. The molecule has 1 heterocycles. The first kappa shape index (κ1) is 28.5. The number of carbonyl (C=O) groups excluding carboxylic acids is 2. The molecule has 1 N–H and O–H groups in total. The summed E-state index contributed by atoms with van der Waals surface area (Å²) in [7, 11) is 0. The number of carboxylic acid groups (broad SMARTS) is 1. The number of esters is 2. The number of allylic oxidation sites excluding steroid dienone is 1. The smallest absolute Gasteiger partial charge is 0.306 e. The van der Waals surface area contributed by atoms with E-state index in [-0.39, 0.29) is 30.9 Å². The summed E-state index contributed by atoms with van der Waals surface area (Å²) in [6.07, 6.45) is 12.0. The van der Waals surface area contributed by atoms with Crippen molar-refractivity contribution in [1.82, 2.24) is 0 Å². The lowest BCUT2D eigenvalue weighted by molar-refractivity contribution is -0.163. The number of rotatable bonds is 9. The van der Waals surface area contributed by atoms with Crippen LogP contribution in [-0.2, 0) is 28.6 Å². The minimum Gasteiger partial charge on any atom is -0.494 e. The van der Waals surface area contributed by atoms with Gasteiger partial charge in [-0.3, -0.25) is 14.4 Å². The van der Waals surface area contributed by atoms with Crippen LogP contribution in [0.5, 0.6) is 0 Å². The fourth-order valence-electron chi connectivity index (χ4n) is 9.97. The summed E-state index contributed by atoms with van der Waals surface area (Å²) in [4.78, 5) is 34.0. The quantitative estimate of drug-likeness (QED) is 0.263. The lowest BCUT2D eigenvalue weighted by Crippen LogP contribution is -2.54. The van der Waals surface area contributed by atoms with Gasteiger partial charge in [0, 0.05) is 19.3 Å². The van der Waals surface area contributed by atoms with E-state index >= 15 is 0 Å². The van der Waals surface area contributed by atoms with Crippen LogP contribution in [0.3, 0.4) is 0 Å². The first-order valence-electron chi connectivity index (χ1n) is 15.4. The zero-order valence-electron chi connectivity index (χ0n) is 24.3. The molecule has 1 aliphatic heterocycles. The normalized spacial score (nSPS) is 40.6. The van der Waals surface area contributed by atoms with Crippen molar-refractivity contribution in [2.75, 3.05) is 6.61 Å². The van der Waals surface area contributed by atoms with Gasteiger partial charge in [0.1, 0.15) is 12.2 Å². The topological polar surface area (TPSA) is 99.1 Å². The maximum atomic E-state index is 12.2. The van der Waals surface area contributed by atoms with E-state index < -0.39 is 5.97 Å². The van der Waals surface area contributed by atoms with Crippen LogP contribution >= 0.6 is 0 Å². The summed E-state index contributed by atoms with van der Waals surface area (Å²) < 4.78 is 17.5. The van der Waals surface area contributed by atoms with Gasteiger partial charge in [-0.25, -0.2) is 0 Å². The molecule has 0 aromatic heterocycles. The number of hydrogen-bond donors (Lipinski definition) is 1. The Bertz CT molecular complexity index is 1000. The summed E-state index contributed by atoms with van der Waals surface area (Å²) in [5.41, 5.74) is 2.07. The van der Waals surface area contributed by atoms with Gasteiger partial charge in [-0.15, -0.1) is 0 Å². The lowest BCUT2D eigenvalue weighted by atomic mass is 9.44. The van der Waals surface area contributed by atoms with Gasteiger partial charge in [-0.05, 0) is 111 Å². The molecule has 4 fully saturated rings. The summed E-state index contributed by atoms with van der Waals surface area (Å²) in [5.74, 6) is 2.94. The average Bonchev–Trinajstić information content (AvgIpc) is 3.35. The van der Waals surface area contributed by atoms with Gasteiger partial charge >= 0.3 is 17.9 Å². The first-order valence-corrected chi connectivity index (χ1v) is 15.4. The van der Waals surface area contributed by atoms with Crippen LogP contribution in [0.2, 0.25) is 0 Å². The predicted molar refractivity (Wildman–Crippen MR) is 145 cm³/mol. The molecule has 5 aliphatic rings. The van der Waals surface area contributed by atoms with Gasteiger partial charge in [0.2, 0.25) is 0 Å². The van der Waals surface area contributed by atoms with E-state index in [9.17, 15) is 14.4 Å². The SMILES string of the molecule is CC(=O)OCCCCC1=C(C)[C@@H]2[C@H](C[C@@H]3[C@@H]4CC[C@H]5C[C@@H](OC(=O)CCC(=O)O)CC[C@]5(C)[C@@H]4CC[C@@]32C)O1. The molecule has 0 amide bonds. The molecule has 218 valence electrons. The van der Waals surface area contributed by atoms with E-state index in [0.717, 1.165) is 50.4 Å². The average molecular weight is 545 g/mol. The Balaban J connectivity index is 1.20. The molecule has 0 aromatic carbocycles. The standard InChI is InChI=1S/C32H48O7/c1-19-26(7-5-6-16-37-20(2)33)39-27-18-25-23-9-8-21-17-22(38-29(36)11-10-28(34)35)12-14-31(21,3)24(23)13-15-32(25,4)30(19)27/h21-25,27,30H,5-18H2,1-4H3,(H,34,35)/t21-,22-,23+,24+,25+,27-,30+,31-,32-/m0/s1. The second-order valence-corrected chi connectivity index (χ2v) is 13.8. The molecule has 0 unspecified atom stereocenters. The number of unbranched alkanes of at least 4 members (excludes halogenated alkanes) is 1. The highest BCUT2D eigenvalue weighted by atomic mass is 16.5. The largest absolute Gasteiger partial charge is 0.494 e. The van der Waals surface area contributed by atoms with Crippen molar-refractivity contribution in [1.29, 1.82) is 0 Å². The van der Waals surface area contributed by atoms with Gasteiger partial charge in [-0.2, -0.15) is 0 Å². The number of carboxylic acids is 1. The Morgan fingerprint density at radius 3 is 2.49 bits per heavy atom. The van der Waals surface area contributed by atoms with Crippen molar-refractivity contribution in [3.05, 3.63) is 11.3 Å². The molecular formula is C32H48O7. The van der Waals surface area contributed by atoms with Crippen LogP contribution < -0.4 is 0 Å². The minimum absolute atomic E-state index is 0.0347. The van der Waals surface area contributed by atoms with E-state index in [0.29, 0.717) is 41.3 Å². The summed E-state index contributed by atoms with van der Waals surface area (Å²) in [6, 6.07) is 0. The number of hydrogen-bond acceptors (Lipinski definition) is 6. The van der Waals surface area contributed by atoms with Crippen LogP contribution in [0.1, 0.15) is 111 Å². The highest BCUT2D eigenvalue weighted by Gasteiger charge is 2.64. The van der Waals surface area contributed by atoms with Crippen molar-refractivity contribution in [3.63, 3.8) is 0 Å². The van der Waals surface area contributed by atoms with Crippen molar-refractivity contribution in [2.24, 2.45) is 40.4 Å². The van der Waals surface area contributed by atoms with E-state index in [1.54, 1.807) is 0 Å². The molecule has 9 atom stereocenters. The molecule has 0 spiro atoms. The third kappa shape index (κ3) is 5.36. The third-order valence-corrected chi connectivity index (χ3v) is 11.8. The Morgan fingerprint density at radius 2 is 1.74 bits per heavy atom. The van der Waals surface area contributed by atoms with Gasteiger partial charge in [-0.1, -0.05) is 13.8 Å². The zero-order valence-corrected chi connectivity index (χ0v) is 24.3. The third-order valence-electron chi connectivity index (χ3n) is 11.8. The molecule has 0 bridgehead atoms. The number of aliphatic carboxylic acids is 1. The molecule has 0 saturated heterocycles. The van der Waals surface area contributed by atoms with Crippen LogP contribution in [0, 0.1) is 40.4 Å². The van der Waals surface area contributed by atoms with Crippen molar-refractivity contribution < 1.29 is 33.7 Å². The Hall–Kier alpha value is -2.05. The summed E-state index contributed by atoms with van der Waals surface area (Å²) in [6.45, 7) is 9.33. The predicted octanol–water partition coefficient (Wildman–Crippen LogP) is 6.44. The lowest BCUT2D eigenvalue weighted by Gasteiger charge is -2.61. The van der Waals surface area contributed by atoms with Crippen molar-refractivity contribution in [2.45, 2.75) is 123 Å². The van der Waals surface area contributed by atoms with Crippen LogP contribution in [-0.4, -0.2) is 41.8 Å². The number of fused-ring (bicyclic) bond motifs is 7. The van der Waals surface area contributed by atoms with Gasteiger partial charge in [0.05, 0.1) is 25.2 Å². The van der Waals surface area contributed by atoms with Gasteiger partial charge in [0.15, 0.2) is 0 Å². The molecule has 4 aliphatic carbocycles. The number of carbonyl (C=O) groups is 3. The molecule has 0 aromatic rings. The van der Waals surface area contributed by atoms with Crippen LogP contribution in [0.15, 0.2) is 11.3 Å². The van der Waals surface area contributed by atoms with E-state index in [1.807, 2.05) is 0 Å². The first-order chi connectivity index (χ1) is 18.5. The monoisotopic (exact) mass is 544 g/mol. The van der Waals surface area contributed by atoms with E-state index in [1.165, 1.54) is 50.4 Å². The van der Waals surface area contributed by atoms with E-state index in [2.05, 4.69) is 20.8 Å². The molecular weight excluding hydrogens is 496 g/mol. The molecule has 4 saturated carbocycles. The zero-order chi connectivity index (χ0) is 27.9. The second-order valence-electron chi connectivity index (χ2n) is 13.8. The fourth-order valence-corrected chi connectivity index (χ4v) is 9.97. The Labute approximate surface area is 233 Å². The van der Waals surface area contributed by atoms with Crippen LogP contribution in [0.4, 0.5) is 0 Å². The fraction of sp³-hybridized carbons (Fsp3) is 0.844. The van der Waals surface area contributed by atoms with Crippen LogP contribution in [0.25, 0.3) is 0 Å². The maximum Gasteiger partial charge on any atom is 0.306 e. The van der Waals surface area contributed by atoms with Crippen molar-refractivity contribution >= 4 is 17.9 Å². The molecule has 39 heavy (non-hydrogen) atoms. The second kappa shape index (κ2) is 11.1. The molecule has 7 heteroatoms. The molecule has 5 rings (SSSR count). The Kier molecular flexibility index (Phi) is 8.09. The highest BCUT2D eigenvalue weighted by Crippen LogP contribution is 2.69. The molecule has 7 nitrogen and oxygen atoms in total. The maximum absolute atomic E-state index is 12.2. The minimum atomic E-state index is -0.953. The Morgan fingerprint density at radius 1 is 0.974 bits per heavy atom. The van der Waals surface area contributed by atoms with Gasteiger partial charge in [0.25, 0.3) is 0 Å². The highest BCUT2D eigenvalue weighted by molar-refractivity contribution is 5.76. The summed E-state index contributed by atoms with van der Waals surface area (Å²) in [5, 5.41) is 8.87.